The van der Waals surface area contributed by atoms with Crippen LogP contribution in [0.3, 0.4) is 0 Å². The summed E-state index contributed by atoms with van der Waals surface area (Å²) in [7, 11) is 0. The lowest BCUT2D eigenvalue weighted by molar-refractivity contribution is 1.18. The van der Waals surface area contributed by atoms with Gasteiger partial charge in [0.05, 0.1) is 34.3 Å². The van der Waals surface area contributed by atoms with Crippen LogP contribution < -0.4 is 0 Å². The van der Waals surface area contributed by atoms with Gasteiger partial charge in [-0.15, -0.1) is 0 Å². The van der Waals surface area contributed by atoms with Gasteiger partial charge >= 0.3 is 0 Å². The Kier molecular flexibility index (Phi) is 7.58. The van der Waals surface area contributed by atoms with E-state index in [0.29, 0.717) is 11.1 Å². The number of rotatable bonds is 5. The fraction of sp³-hybridized carbons (Fsp3) is 0. The highest BCUT2D eigenvalue weighted by Gasteiger charge is 2.18. The standard InChI is InChI=1S/C52H31N3/c53-32-34-25-38(37-15-12-16-42(31-37)55-49-23-10-8-17-43(49)44-18-9-11-24-50(44)55)29-39(26-34)40-27-35(33-54)28-41(30-40)52-47-21-6-4-19-45(47)51(36-13-2-1-3-14-36)46-20-5-7-22-48(46)52/h1-31H. The van der Waals surface area contributed by atoms with Gasteiger partial charge in [-0.05, 0) is 127 Å². The third-order valence-electron chi connectivity index (χ3n) is 10.8. The number of aromatic nitrogens is 1. The quantitative estimate of drug-likeness (QED) is 0.168. The maximum absolute atomic E-state index is 10.4. The molecule has 254 valence electrons. The van der Waals surface area contributed by atoms with Crippen LogP contribution in [0.5, 0.6) is 0 Å². The molecule has 0 amide bonds. The number of para-hydroxylation sites is 2. The van der Waals surface area contributed by atoms with Crippen LogP contribution in [-0.2, 0) is 0 Å². The average Bonchev–Trinajstić information content (AvgIpc) is 3.60. The first-order valence-corrected chi connectivity index (χ1v) is 18.4. The topological polar surface area (TPSA) is 52.5 Å². The van der Waals surface area contributed by atoms with E-state index in [2.05, 4.69) is 174 Å². The van der Waals surface area contributed by atoms with Gasteiger partial charge in [-0.1, -0.05) is 127 Å². The lowest BCUT2D eigenvalue weighted by Gasteiger charge is -2.18. The highest BCUT2D eigenvalue weighted by molar-refractivity contribution is 6.21. The molecule has 0 fully saturated rings. The second kappa shape index (κ2) is 13.0. The Labute approximate surface area is 318 Å². The lowest BCUT2D eigenvalue weighted by atomic mass is 9.85. The zero-order chi connectivity index (χ0) is 36.9. The Morgan fingerprint density at radius 2 is 0.709 bits per heavy atom. The summed E-state index contributed by atoms with van der Waals surface area (Å²) in [6, 6.07) is 70.1. The molecule has 0 radical (unpaired) electrons. The van der Waals surface area contributed by atoms with E-state index < -0.39 is 0 Å². The van der Waals surface area contributed by atoms with E-state index in [9.17, 15) is 10.5 Å². The average molecular weight is 698 g/mol. The summed E-state index contributed by atoms with van der Waals surface area (Å²) in [4.78, 5) is 0. The molecule has 0 aliphatic heterocycles. The van der Waals surface area contributed by atoms with Crippen LogP contribution in [-0.4, -0.2) is 4.57 Å². The summed E-state index contributed by atoms with van der Waals surface area (Å²) >= 11 is 0. The molecule has 0 unspecified atom stereocenters. The zero-order valence-electron chi connectivity index (χ0n) is 29.7. The number of fused-ring (bicyclic) bond motifs is 5. The molecule has 0 N–H and O–H groups in total. The van der Waals surface area contributed by atoms with Crippen LogP contribution in [0.4, 0.5) is 0 Å². The monoisotopic (exact) mass is 697 g/mol. The molecule has 10 aromatic rings. The van der Waals surface area contributed by atoms with Crippen LogP contribution in [0.1, 0.15) is 11.1 Å². The minimum absolute atomic E-state index is 0.557. The predicted molar refractivity (Wildman–Crippen MR) is 227 cm³/mol. The highest BCUT2D eigenvalue weighted by atomic mass is 15.0. The van der Waals surface area contributed by atoms with Gasteiger partial charge in [0.2, 0.25) is 0 Å². The summed E-state index contributed by atoms with van der Waals surface area (Å²) in [5.74, 6) is 0. The van der Waals surface area contributed by atoms with E-state index in [1.54, 1.807) is 0 Å². The normalized spacial score (nSPS) is 11.2. The van der Waals surface area contributed by atoms with Crippen molar-refractivity contribution >= 4 is 43.4 Å². The Bertz CT molecular complexity index is 3120. The van der Waals surface area contributed by atoms with Crippen molar-refractivity contribution in [3.05, 3.63) is 199 Å². The molecule has 3 nitrogen and oxygen atoms in total. The molecule has 0 saturated carbocycles. The maximum atomic E-state index is 10.4. The minimum atomic E-state index is 0.557. The van der Waals surface area contributed by atoms with E-state index >= 15 is 0 Å². The van der Waals surface area contributed by atoms with E-state index in [-0.39, 0.29) is 0 Å². The van der Waals surface area contributed by atoms with Crippen molar-refractivity contribution < 1.29 is 0 Å². The molecule has 55 heavy (non-hydrogen) atoms. The first-order chi connectivity index (χ1) is 27.2. The Morgan fingerprint density at radius 3 is 1.24 bits per heavy atom. The smallest absolute Gasteiger partial charge is 0.0992 e. The molecule has 0 saturated heterocycles. The van der Waals surface area contributed by atoms with Gasteiger partial charge in [0.25, 0.3) is 0 Å². The van der Waals surface area contributed by atoms with Crippen LogP contribution >= 0.6 is 0 Å². The van der Waals surface area contributed by atoms with E-state index in [4.69, 9.17) is 0 Å². The molecule has 0 atom stereocenters. The predicted octanol–water partition coefficient (Wildman–Crippen LogP) is 13.5. The molecule has 10 rings (SSSR count). The fourth-order valence-corrected chi connectivity index (χ4v) is 8.41. The molecule has 0 spiro atoms. The molecular weight excluding hydrogens is 667 g/mol. The summed E-state index contributed by atoms with van der Waals surface area (Å²) in [6.45, 7) is 0. The van der Waals surface area contributed by atoms with Crippen molar-refractivity contribution in [2.75, 3.05) is 0 Å². The van der Waals surface area contributed by atoms with Gasteiger partial charge in [-0.2, -0.15) is 10.5 Å². The second-order valence-corrected chi connectivity index (χ2v) is 13.9. The van der Waals surface area contributed by atoms with E-state index in [1.165, 1.54) is 16.3 Å². The largest absolute Gasteiger partial charge is 0.309 e. The van der Waals surface area contributed by atoms with E-state index in [1.807, 2.05) is 30.3 Å². The first kappa shape index (κ1) is 32.0. The van der Waals surface area contributed by atoms with Crippen molar-refractivity contribution in [1.29, 1.82) is 10.5 Å². The molecular formula is C52H31N3. The molecule has 0 bridgehead atoms. The second-order valence-electron chi connectivity index (χ2n) is 13.9. The third-order valence-corrected chi connectivity index (χ3v) is 10.8. The molecule has 3 heteroatoms. The lowest BCUT2D eigenvalue weighted by Crippen LogP contribution is -1.94. The van der Waals surface area contributed by atoms with E-state index in [0.717, 1.165) is 77.2 Å². The van der Waals surface area contributed by atoms with Gasteiger partial charge < -0.3 is 4.57 Å². The number of nitriles is 2. The van der Waals surface area contributed by atoms with Gasteiger partial charge in [0.15, 0.2) is 0 Å². The van der Waals surface area contributed by atoms with Gasteiger partial charge in [0, 0.05) is 16.5 Å². The highest BCUT2D eigenvalue weighted by Crippen LogP contribution is 2.45. The Balaban J connectivity index is 1.16. The van der Waals surface area contributed by atoms with Gasteiger partial charge in [-0.25, -0.2) is 0 Å². The van der Waals surface area contributed by atoms with Crippen molar-refractivity contribution in [1.82, 2.24) is 4.57 Å². The number of hydrogen-bond acceptors (Lipinski definition) is 2. The SMILES string of the molecule is N#Cc1cc(-c2cc(C#N)cc(-c3c4ccccc4c(-c4ccccc4)c4ccccc34)c2)cc(-c2cccc(-n3c4ccccc4c4ccccc43)c2)c1. The van der Waals surface area contributed by atoms with Crippen molar-refractivity contribution in [3.8, 4) is 62.3 Å². The number of nitrogens with zero attached hydrogens (tertiary/aromatic N) is 3. The number of benzene rings is 9. The van der Waals surface area contributed by atoms with Gasteiger partial charge in [-0.3, -0.25) is 0 Å². The van der Waals surface area contributed by atoms with Crippen molar-refractivity contribution in [3.63, 3.8) is 0 Å². The fourth-order valence-electron chi connectivity index (χ4n) is 8.41. The summed E-state index contributed by atoms with van der Waals surface area (Å²) < 4.78 is 2.31. The van der Waals surface area contributed by atoms with Gasteiger partial charge in [0.1, 0.15) is 0 Å². The number of hydrogen-bond donors (Lipinski definition) is 0. The van der Waals surface area contributed by atoms with Crippen LogP contribution in [0.15, 0.2) is 188 Å². The molecule has 0 aliphatic carbocycles. The summed E-state index contributed by atoms with van der Waals surface area (Å²) in [5, 5.41) is 27.7. The maximum Gasteiger partial charge on any atom is 0.0992 e. The zero-order valence-corrected chi connectivity index (χ0v) is 29.7. The van der Waals surface area contributed by atoms with Crippen LogP contribution in [0.2, 0.25) is 0 Å². The summed E-state index contributed by atoms with van der Waals surface area (Å²) in [6.07, 6.45) is 0. The molecule has 9 aromatic carbocycles. The minimum Gasteiger partial charge on any atom is -0.309 e. The molecule has 0 aliphatic rings. The first-order valence-electron chi connectivity index (χ1n) is 18.4. The van der Waals surface area contributed by atoms with Crippen molar-refractivity contribution in [2.24, 2.45) is 0 Å². The molecule has 1 heterocycles. The Hall–Kier alpha value is -7.72. The van der Waals surface area contributed by atoms with Crippen molar-refractivity contribution in [2.45, 2.75) is 0 Å². The van der Waals surface area contributed by atoms with Crippen LogP contribution in [0, 0.1) is 22.7 Å². The third kappa shape index (κ3) is 5.35. The van der Waals surface area contributed by atoms with Crippen LogP contribution in [0.25, 0.3) is 93.5 Å². The Morgan fingerprint density at radius 1 is 0.309 bits per heavy atom. The molecule has 1 aromatic heterocycles. The summed E-state index contributed by atoms with van der Waals surface area (Å²) in [5.41, 5.74) is 12.5.